The second kappa shape index (κ2) is 11.1. The van der Waals surface area contributed by atoms with Crippen molar-refractivity contribution < 1.29 is 18.2 Å². The van der Waals surface area contributed by atoms with Gasteiger partial charge in [-0.2, -0.15) is 5.10 Å². The van der Waals surface area contributed by atoms with Crippen LogP contribution in [-0.2, 0) is 21.6 Å². The number of hydrogen-bond acceptors (Lipinski definition) is 9. The van der Waals surface area contributed by atoms with E-state index in [1.165, 1.54) is 0 Å². The summed E-state index contributed by atoms with van der Waals surface area (Å²) >= 11 is -1.98. The topological polar surface area (TPSA) is 132 Å². The molecule has 13 heteroatoms. The number of nitrogens with one attached hydrogen (secondary N) is 1. The molecule has 2 N–H and O–H groups in total. The van der Waals surface area contributed by atoms with Crippen LogP contribution in [0.4, 0.5) is 5.82 Å². The number of hydrogen-bond donors (Lipinski definition) is 2. The Morgan fingerprint density at radius 2 is 2.05 bits per heavy atom. The first-order valence-electron chi connectivity index (χ1n) is 12.6. The van der Waals surface area contributed by atoms with Gasteiger partial charge in [0.25, 0.3) is 0 Å². The Hall–Kier alpha value is -3.91. The van der Waals surface area contributed by atoms with Crippen LogP contribution in [0.2, 0.25) is 0 Å². The molecule has 1 fully saturated rings. The summed E-state index contributed by atoms with van der Waals surface area (Å²) < 4.78 is 35.6. The van der Waals surface area contributed by atoms with Crippen LogP contribution in [0.15, 0.2) is 55.1 Å². The fraction of sp³-hybridized carbons (Fsp3) is 0.308. The van der Waals surface area contributed by atoms with Gasteiger partial charge < -0.3 is 19.3 Å². The Morgan fingerprint density at radius 3 is 2.87 bits per heavy atom. The van der Waals surface area contributed by atoms with E-state index in [1.54, 1.807) is 47.0 Å². The predicted octanol–water partition coefficient (Wildman–Crippen LogP) is 2.60. The molecule has 0 bridgehead atoms. The number of rotatable bonds is 9. The van der Waals surface area contributed by atoms with Crippen LogP contribution in [0.5, 0.6) is 5.75 Å². The fourth-order valence-electron chi connectivity index (χ4n) is 4.77. The standard InChI is InChI=1S/C26H28N8O4S/c1-37-24-4-3-18(17-39(35)36)13-23(24)34-22-14-21(19-16-30-33-7-2-5-28-26(19)33)29-15-20(22)25(31-34)27-6-8-32-9-11-38-12-10-32/h2-5,7,13-16H,6,8-12,17H2,1H3,(H,27,31)(H,35,36). The number of morpholine rings is 1. The van der Waals surface area contributed by atoms with Crippen molar-refractivity contribution >= 4 is 33.4 Å². The highest BCUT2D eigenvalue weighted by atomic mass is 32.2. The van der Waals surface area contributed by atoms with E-state index in [0.29, 0.717) is 40.7 Å². The molecule has 1 aliphatic heterocycles. The summed E-state index contributed by atoms with van der Waals surface area (Å²) in [7, 11) is 1.59. The minimum absolute atomic E-state index is 0.00171. The number of pyridine rings is 1. The highest BCUT2D eigenvalue weighted by molar-refractivity contribution is 7.78. The molecular formula is C26H28N8O4S. The first kappa shape index (κ1) is 25.4. The summed E-state index contributed by atoms with van der Waals surface area (Å²) in [4.78, 5) is 11.6. The largest absolute Gasteiger partial charge is 0.494 e. The second-order valence-corrected chi connectivity index (χ2v) is 10.1. The SMILES string of the molecule is COc1ccc(CS(=O)O)cc1-n1nc(NCCN2CCOCC2)c2cnc(-c3cnn4cccnc34)cc21. The van der Waals surface area contributed by atoms with Gasteiger partial charge in [-0.1, -0.05) is 6.07 Å². The molecule has 1 aliphatic rings. The maximum Gasteiger partial charge on any atom is 0.164 e. The number of nitrogens with zero attached hydrogens (tertiary/aromatic N) is 7. The number of fused-ring (bicyclic) bond motifs is 2. The van der Waals surface area contributed by atoms with Gasteiger partial charge in [-0.25, -0.2) is 18.4 Å². The summed E-state index contributed by atoms with van der Waals surface area (Å²) in [5, 5.41) is 13.6. The average molecular weight is 549 g/mol. The number of anilines is 1. The molecule has 0 radical (unpaired) electrons. The van der Waals surface area contributed by atoms with Crippen molar-refractivity contribution in [3.63, 3.8) is 0 Å². The summed E-state index contributed by atoms with van der Waals surface area (Å²) in [6, 6.07) is 9.17. The van der Waals surface area contributed by atoms with E-state index < -0.39 is 11.1 Å². The Labute approximate surface area is 226 Å². The van der Waals surface area contributed by atoms with E-state index in [4.69, 9.17) is 19.6 Å². The second-order valence-electron chi connectivity index (χ2n) is 9.15. The molecule has 0 spiro atoms. The molecule has 202 valence electrons. The predicted molar refractivity (Wildman–Crippen MR) is 148 cm³/mol. The zero-order valence-electron chi connectivity index (χ0n) is 21.4. The zero-order chi connectivity index (χ0) is 26.8. The molecule has 0 aliphatic carbocycles. The number of aromatic nitrogens is 6. The van der Waals surface area contributed by atoms with Gasteiger partial charge in [0.05, 0.1) is 54.4 Å². The molecule has 1 saturated heterocycles. The lowest BCUT2D eigenvalue weighted by Crippen LogP contribution is -2.39. The van der Waals surface area contributed by atoms with Gasteiger partial charge >= 0.3 is 0 Å². The molecule has 12 nitrogen and oxygen atoms in total. The van der Waals surface area contributed by atoms with Crippen LogP contribution in [0.3, 0.4) is 0 Å². The van der Waals surface area contributed by atoms with Crippen molar-refractivity contribution in [2.45, 2.75) is 5.75 Å². The van der Waals surface area contributed by atoms with E-state index in [0.717, 1.165) is 49.3 Å². The lowest BCUT2D eigenvalue weighted by Gasteiger charge is -2.26. The monoisotopic (exact) mass is 548 g/mol. The minimum Gasteiger partial charge on any atom is -0.494 e. The van der Waals surface area contributed by atoms with E-state index in [1.807, 2.05) is 24.4 Å². The highest BCUT2D eigenvalue weighted by Gasteiger charge is 2.19. The van der Waals surface area contributed by atoms with Crippen LogP contribution < -0.4 is 10.1 Å². The molecule has 1 unspecified atom stereocenters. The van der Waals surface area contributed by atoms with E-state index in [2.05, 4.69) is 20.3 Å². The molecule has 6 rings (SSSR count). The molecular weight excluding hydrogens is 520 g/mol. The van der Waals surface area contributed by atoms with Gasteiger partial charge in [-0.15, -0.1) is 5.10 Å². The van der Waals surface area contributed by atoms with Gasteiger partial charge in [0.15, 0.2) is 22.5 Å². The van der Waals surface area contributed by atoms with Gasteiger partial charge in [-0.3, -0.25) is 9.88 Å². The van der Waals surface area contributed by atoms with Gasteiger partial charge in [0.2, 0.25) is 0 Å². The smallest absolute Gasteiger partial charge is 0.164 e. The van der Waals surface area contributed by atoms with E-state index in [9.17, 15) is 8.76 Å². The lowest BCUT2D eigenvalue weighted by atomic mass is 10.1. The molecule has 1 atom stereocenters. The lowest BCUT2D eigenvalue weighted by molar-refractivity contribution is 0.0398. The van der Waals surface area contributed by atoms with Gasteiger partial charge in [-0.05, 0) is 29.8 Å². The third-order valence-corrected chi connectivity index (χ3v) is 7.29. The third kappa shape index (κ3) is 5.21. The normalized spacial score (nSPS) is 15.1. The number of benzene rings is 1. The number of methoxy groups -OCH3 is 1. The summed E-state index contributed by atoms with van der Waals surface area (Å²) in [5.74, 6) is 1.28. The van der Waals surface area contributed by atoms with Gasteiger partial charge in [0.1, 0.15) is 11.4 Å². The van der Waals surface area contributed by atoms with Crippen LogP contribution >= 0.6 is 0 Å². The molecule has 5 heterocycles. The molecule has 1 aromatic carbocycles. The van der Waals surface area contributed by atoms with Crippen LogP contribution in [0.1, 0.15) is 5.56 Å². The highest BCUT2D eigenvalue weighted by Crippen LogP contribution is 2.33. The third-order valence-electron chi connectivity index (χ3n) is 6.71. The van der Waals surface area contributed by atoms with Crippen LogP contribution in [0.25, 0.3) is 33.5 Å². The van der Waals surface area contributed by atoms with Crippen molar-refractivity contribution in [1.29, 1.82) is 0 Å². The fourth-order valence-corrected chi connectivity index (χ4v) is 5.23. The van der Waals surface area contributed by atoms with Crippen molar-refractivity contribution in [2.24, 2.45) is 0 Å². The first-order chi connectivity index (χ1) is 19.1. The van der Waals surface area contributed by atoms with Crippen molar-refractivity contribution in [3.05, 3.63) is 60.7 Å². The van der Waals surface area contributed by atoms with Crippen molar-refractivity contribution in [1.82, 2.24) is 34.3 Å². The minimum atomic E-state index is -1.98. The molecule has 5 aromatic rings. The summed E-state index contributed by atoms with van der Waals surface area (Å²) in [5.41, 5.74) is 4.33. The summed E-state index contributed by atoms with van der Waals surface area (Å²) in [6.45, 7) is 4.87. The summed E-state index contributed by atoms with van der Waals surface area (Å²) in [6.07, 6.45) is 7.11. The molecule has 0 amide bonds. The van der Waals surface area contributed by atoms with E-state index >= 15 is 0 Å². The molecule has 0 saturated carbocycles. The Kier molecular flexibility index (Phi) is 7.20. The Bertz CT molecular complexity index is 1650. The van der Waals surface area contributed by atoms with Crippen LogP contribution in [-0.4, -0.2) is 89.5 Å². The number of ether oxygens (including phenoxy) is 2. The van der Waals surface area contributed by atoms with E-state index in [-0.39, 0.29) is 5.75 Å². The Balaban J connectivity index is 1.44. The Morgan fingerprint density at radius 1 is 1.18 bits per heavy atom. The quantitative estimate of drug-likeness (QED) is 0.265. The molecule has 4 aromatic heterocycles. The molecule has 39 heavy (non-hydrogen) atoms. The zero-order valence-corrected chi connectivity index (χ0v) is 22.2. The van der Waals surface area contributed by atoms with Crippen molar-refractivity contribution in [3.8, 4) is 22.7 Å². The van der Waals surface area contributed by atoms with Gasteiger partial charge in [0, 0.05) is 44.8 Å². The first-order valence-corrected chi connectivity index (χ1v) is 13.8. The van der Waals surface area contributed by atoms with Crippen molar-refractivity contribution in [2.75, 3.05) is 51.8 Å². The maximum absolute atomic E-state index is 11.5. The maximum atomic E-state index is 11.5. The average Bonchev–Trinajstić information content (AvgIpc) is 3.55. The van der Waals surface area contributed by atoms with Crippen LogP contribution in [0, 0.1) is 0 Å².